The minimum absolute atomic E-state index is 0.0805. The number of nitrogens with zero attached hydrogens (tertiary/aromatic N) is 1. The summed E-state index contributed by atoms with van der Waals surface area (Å²) in [6, 6.07) is 0. The van der Waals surface area contributed by atoms with Gasteiger partial charge in [0.15, 0.2) is 0 Å². The third-order valence-electron chi connectivity index (χ3n) is 3.87. The minimum atomic E-state index is -0.272. The lowest BCUT2D eigenvalue weighted by Gasteiger charge is -2.14. The molecule has 0 spiro atoms. The Morgan fingerprint density at radius 3 is 2.59 bits per heavy atom. The first-order valence-electron chi connectivity index (χ1n) is 8.56. The minimum Gasteiger partial charge on any atom is -0.466 e. The maximum atomic E-state index is 11.7. The maximum absolute atomic E-state index is 11.7. The number of unbranched alkanes of at least 4 members (excludes halogenated alkanes) is 4. The van der Waals surface area contributed by atoms with Gasteiger partial charge in [-0.1, -0.05) is 25.8 Å². The molecule has 3 heteroatoms. The predicted molar refractivity (Wildman–Crippen MR) is 92.6 cm³/mol. The monoisotopic (exact) mass is 307 g/mol. The number of allylic oxidation sites excluding steroid dienone is 1. The zero-order valence-corrected chi connectivity index (χ0v) is 14.7. The van der Waals surface area contributed by atoms with Gasteiger partial charge in [-0.05, 0) is 38.0 Å². The lowest BCUT2D eigenvalue weighted by Crippen LogP contribution is -2.15. The van der Waals surface area contributed by atoms with Crippen LogP contribution >= 0.6 is 0 Å². The molecule has 0 bridgehead atoms. The van der Waals surface area contributed by atoms with Crippen molar-refractivity contribution < 1.29 is 9.53 Å². The lowest BCUT2D eigenvalue weighted by atomic mass is 9.93. The van der Waals surface area contributed by atoms with Gasteiger partial charge in [-0.3, -0.25) is 4.79 Å². The van der Waals surface area contributed by atoms with E-state index in [9.17, 15) is 4.79 Å². The van der Waals surface area contributed by atoms with Crippen molar-refractivity contribution in [2.45, 2.75) is 84.1 Å². The molecule has 22 heavy (non-hydrogen) atoms. The van der Waals surface area contributed by atoms with Crippen molar-refractivity contribution in [2.24, 2.45) is 5.92 Å². The first-order valence-corrected chi connectivity index (χ1v) is 8.56. The van der Waals surface area contributed by atoms with Crippen molar-refractivity contribution in [1.82, 2.24) is 0 Å². The smallest absolute Gasteiger partial charge is 0.306 e. The SMILES string of the molecule is [C-]#[N+]C(C)(C)CCCC(C)CC(=O)OCCCCCCC=C. The van der Waals surface area contributed by atoms with Gasteiger partial charge in [0, 0.05) is 26.7 Å². The summed E-state index contributed by atoms with van der Waals surface area (Å²) in [5, 5.41) is 0. The number of esters is 1. The van der Waals surface area contributed by atoms with Crippen molar-refractivity contribution in [2.75, 3.05) is 6.61 Å². The van der Waals surface area contributed by atoms with E-state index in [1.165, 1.54) is 12.8 Å². The van der Waals surface area contributed by atoms with Crippen LogP contribution in [0.2, 0.25) is 0 Å². The van der Waals surface area contributed by atoms with Crippen molar-refractivity contribution in [3.8, 4) is 0 Å². The molecular weight excluding hydrogens is 274 g/mol. The molecule has 0 radical (unpaired) electrons. The molecule has 0 aliphatic rings. The average molecular weight is 307 g/mol. The summed E-state index contributed by atoms with van der Waals surface area (Å²) in [6.07, 6.45) is 10.8. The Morgan fingerprint density at radius 1 is 1.27 bits per heavy atom. The summed E-state index contributed by atoms with van der Waals surface area (Å²) in [5.41, 5.74) is -0.272. The van der Waals surface area contributed by atoms with Crippen LogP contribution in [0, 0.1) is 12.5 Å². The Labute approximate surface area is 136 Å². The van der Waals surface area contributed by atoms with E-state index in [1.54, 1.807) is 0 Å². The van der Waals surface area contributed by atoms with Crippen LogP contribution in [0.3, 0.4) is 0 Å². The van der Waals surface area contributed by atoms with E-state index in [0.717, 1.165) is 38.5 Å². The van der Waals surface area contributed by atoms with Gasteiger partial charge >= 0.3 is 5.97 Å². The van der Waals surface area contributed by atoms with E-state index in [1.807, 2.05) is 19.9 Å². The van der Waals surface area contributed by atoms with Crippen LogP contribution in [0.4, 0.5) is 0 Å². The van der Waals surface area contributed by atoms with Gasteiger partial charge < -0.3 is 9.58 Å². The zero-order chi connectivity index (χ0) is 16.8. The molecule has 0 N–H and O–H groups in total. The van der Waals surface area contributed by atoms with Crippen molar-refractivity contribution in [3.63, 3.8) is 0 Å². The molecule has 0 aliphatic carbocycles. The normalized spacial score (nSPS) is 12.5. The van der Waals surface area contributed by atoms with E-state index in [2.05, 4.69) is 18.3 Å². The van der Waals surface area contributed by atoms with Crippen LogP contribution < -0.4 is 0 Å². The van der Waals surface area contributed by atoms with Crippen molar-refractivity contribution in [1.29, 1.82) is 0 Å². The van der Waals surface area contributed by atoms with Gasteiger partial charge in [-0.25, -0.2) is 6.57 Å². The van der Waals surface area contributed by atoms with Crippen molar-refractivity contribution in [3.05, 3.63) is 24.1 Å². The van der Waals surface area contributed by atoms with Crippen LogP contribution in [0.25, 0.3) is 4.85 Å². The Hall–Kier alpha value is -1.30. The highest BCUT2D eigenvalue weighted by atomic mass is 16.5. The number of carbonyl (C=O) groups excluding carboxylic acids is 1. The summed E-state index contributed by atoms with van der Waals surface area (Å²) in [6.45, 7) is 17.4. The molecule has 1 atom stereocenters. The van der Waals surface area contributed by atoms with Gasteiger partial charge in [0.25, 0.3) is 0 Å². The Balaban J connectivity index is 3.58. The topological polar surface area (TPSA) is 30.7 Å². The molecule has 3 nitrogen and oxygen atoms in total. The molecule has 0 aromatic rings. The van der Waals surface area contributed by atoms with Crippen LogP contribution in [-0.2, 0) is 9.53 Å². The molecule has 0 saturated carbocycles. The van der Waals surface area contributed by atoms with Crippen LogP contribution in [0.5, 0.6) is 0 Å². The number of rotatable bonds is 13. The highest BCUT2D eigenvalue weighted by molar-refractivity contribution is 5.69. The van der Waals surface area contributed by atoms with Gasteiger partial charge in [-0.2, -0.15) is 0 Å². The average Bonchev–Trinajstić information content (AvgIpc) is 2.46. The molecule has 126 valence electrons. The Bertz CT molecular complexity index is 355. The van der Waals surface area contributed by atoms with E-state index in [0.29, 0.717) is 18.9 Å². The maximum Gasteiger partial charge on any atom is 0.306 e. The Morgan fingerprint density at radius 2 is 1.95 bits per heavy atom. The summed E-state index contributed by atoms with van der Waals surface area (Å²) >= 11 is 0. The number of hydrogen-bond acceptors (Lipinski definition) is 2. The van der Waals surface area contributed by atoms with Crippen LogP contribution in [0.1, 0.15) is 78.6 Å². The fourth-order valence-corrected chi connectivity index (χ4v) is 2.31. The largest absolute Gasteiger partial charge is 0.466 e. The first-order chi connectivity index (χ1) is 10.4. The molecule has 0 fully saturated rings. The fraction of sp³-hybridized carbons (Fsp3) is 0.789. The van der Waals surface area contributed by atoms with E-state index >= 15 is 0 Å². The van der Waals surface area contributed by atoms with Gasteiger partial charge in [0.05, 0.1) is 6.61 Å². The van der Waals surface area contributed by atoms with Crippen molar-refractivity contribution >= 4 is 5.97 Å². The highest BCUT2D eigenvalue weighted by Gasteiger charge is 2.22. The van der Waals surface area contributed by atoms with E-state index < -0.39 is 0 Å². The number of carbonyl (C=O) groups is 1. The number of ether oxygens (including phenoxy) is 1. The second-order valence-electron chi connectivity index (χ2n) is 6.84. The Kier molecular flexibility index (Phi) is 11.5. The molecule has 0 amide bonds. The van der Waals surface area contributed by atoms with Gasteiger partial charge in [0.1, 0.15) is 0 Å². The summed E-state index contributed by atoms with van der Waals surface area (Å²) in [4.78, 5) is 15.3. The van der Waals surface area contributed by atoms with E-state index in [4.69, 9.17) is 11.3 Å². The third-order valence-corrected chi connectivity index (χ3v) is 3.87. The molecule has 0 aromatic heterocycles. The quantitative estimate of drug-likeness (QED) is 0.193. The molecule has 1 unspecified atom stereocenters. The summed E-state index contributed by atoms with van der Waals surface area (Å²) < 4.78 is 5.28. The molecule has 0 heterocycles. The van der Waals surface area contributed by atoms with Crippen LogP contribution in [0.15, 0.2) is 12.7 Å². The lowest BCUT2D eigenvalue weighted by molar-refractivity contribution is -0.144. The highest BCUT2D eigenvalue weighted by Crippen LogP contribution is 2.21. The molecule has 0 rings (SSSR count). The molecular formula is C19H33NO2. The number of hydrogen-bond donors (Lipinski definition) is 0. The van der Waals surface area contributed by atoms with Gasteiger partial charge in [0.2, 0.25) is 5.54 Å². The van der Waals surface area contributed by atoms with Crippen LogP contribution in [-0.4, -0.2) is 18.1 Å². The third kappa shape index (κ3) is 12.4. The molecule has 0 aromatic carbocycles. The van der Waals surface area contributed by atoms with Gasteiger partial charge in [-0.15, -0.1) is 6.58 Å². The standard InChI is InChI=1S/C19H33NO2/c1-6-7-8-9-10-11-15-22-18(21)16-17(2)13-12-14-19(3,4)20-5/h6,17H,1,7-16H2,2-4H3. The van der Waals surface area contributed by atoms with E-state index in [-0.39, 0.29) is 11.5 Å². The summed E-state index contributed by atoms with van der Waals surface area (Å²) in [7, 11) is 0. The molecule has 0 aliphatic heterocycles. The summed E-state index contributed by atoms with van der Waals surface area (Å²) in [5.74, 6) is 0.254. The second kappa shape index (κ2) is 12.3. The first kappa shape index (κ1) is 20.7. The molecule has 0 saturated heterocycles. The second-order valence-corrected chi connectivity index (χ2v) is 6.84. The zero-order valence-electron chi connectivity index (χ0n) is 14.7. The fourth-order valence-electron chi connectivity index (χ4n) is 2.31. The predicted octanol–water partition coefficient (Wildman–Crippen LogP) is 5.56.